The van der Waals surface area contributed by atoms with Crippen LogP contribution in [0.1, 0.15) is 42.0 Å². The number of likely N-dealkylation sites (tertiary alicyclic amines) is 1. The van der Waals surface area contributed by atoms with E-state index in [1.54, 1.807) is 0 Å². The van der Waals surface area contributed by atoms with Gasteiger partial charge in [0.25, 0.3) is 0 Å². The van der Waals surface area contributed by atoms with Crippen molar-refractivity contribution in [3.8, 4) is 11.1 Å². The van der Waals surface area contributed by atoms with Gasteiger partial charge in [0, 0.05) is 29.6 Å². The monoisotopic (exact) mass is 465 g/mol. The van der Waals surface area contributed by atoms with Crippen molar-refractivity contribution in [1.82, 2.24) is 10.1 Å². The second-order valence-electron chi connectivity index (χ2n) is 9.17. The highest BCUT2D eigenvalue weighted by atomic mass is 35.5. The smallest absolute Gasteiger partial charge is 0.324 e. The molecule has 2 amide bonds. The molecule has 2 aliphatic heterocycles. The number of piperidine rings is 1. The quantitative estimate of drug-likeness (QED) is 0.501. The van der Waals surface area contributed by atoms with Crippen LogP contribution in [0.3, 0.4) is 0 Å². The topological polar surface area (TPSA) is 67.6 Å². The Labute approximate surface area is 198 Å². The third-order valence-corrected chi connectivity index (χ3v) is 7.34. The number of urea groups is 1. The van der Waals surface area contributed by atoms with Crippen LogP contribution in [0.5, 0.6) is 0 Å². The van der Waals surface area contributed by atoms with Gasteiger partial charge in [0.15, 0.2) is 0 Å². The predicted molar refractivity (Wildman–Crippen MR) is 129 cm³/mol. The Morgan fingerprint density at radius 2 is 1.88 bits per heavy atom. The van der Waals surface area contributed by atoms with Crippen LogP contribution in [-0.4, -0.2) is 41.4 Å². The third-order valence-electron chi connectivity index (χ3n) is 7.08. The van der Waals surface area contributed by atoms with Crippen LogP contribution in [0, 0.1) is 13.8 Å². The van der Waals surface area contributed by atoms with Crippen molar-refractivity contribution in [2.24, 2.45) is 0 Å². The minimum Gasteiger partial charge on any atom is -0.374 e. The van der Waals surface area contributed by atoms with Crippen molar-refractivity contribution in [3.05, 3.63) is 70.4 Å². The number of nitrogens with zero attached hydrogens (tertiary/aromatic N) is 2. The van der Waals surface area contributed by atoms with Gasteiger partial charge in [-0.3, -0.25) is 5.32 Å². The lowest BCUT2D eigenvalue weighted by Crippen LogP contribution is -2.47. The molecule has 1 N–H and O–H groups in total. The van der Waals surface area contributed by atoms with Gasteiger partial charge in [0.2, 0.25) is 5.88 Å². The van der Waals surface area contributed by atoms with Crippen LogP contribution in [0.2, 0.25) is 5.02 Å². The lowest BCUT2D eigenvalue weighted by Gasteiger charge is -2.38. The van der Waals surface area contributed by atoms with Crippen molar-refractivity contribution in [1.29, 1.82) is 0 Å². The Hall–Kier alpha value is -2.83. The van der Waals surface area contributed by atoms with Gasteiger partial charge in [0.05, 0.1) is 17.9 Å². The lowest BCUT2D eigenvalue weighted by molar-refractivity contribution is -0.0355. The summed E-state index contributed by atoms with van der Waals surface area (Å²) in [5, 5.41) is 7.50. The Kier molecular flexibility index (Phi) is 5.89. The number of halogens is 1. The maximum atomic E-state index is 12.7. The molecule has 5 rings (SSSR count). The molecular weight excluding hydrogens is 438 g/mol. The number of nitrogens with one attached hydrogen (secondary N) is 1. The number of amides is 2. The van der Waals surface area contributed by atoms with E-state index in [2.05, 4.69) is 46.9 Å². The SMILES string of the molecule is Cc1noc(NC(=O)N2CCC3(CC2)CC(c2cccc(-c4ccc(Cl)cc4)c2)CO3)c1C. The van der Waals surface area contributed by atoms with Crippen LogP contribution in [0.4, 0.5) is 10.7 Å². The van der Waals surface area contributed by atoms with Gasteiger partial charge < -0.3 is 14.2 Å². The molecule has 2 aromatic carbocycles. The normalized spacial score (nSPS) is 19.7. The lowest BCUT2D eigenvalue weighted by atomic mass is 9.83. The first kappa shape index (κ1) is 22.0. The van der Waals surface area contributed by atoms with E-state index >= 15 is 0 Å². The van der Waals surface area contributed by atoms with Gasteiger partial charge in [-0.05, 0) is 61.9 Å². The molecule has 1 spiro atoms. The van der Waals surface area contributed by atoms with E-state index in [0.29, 0.717) is 31.5 Å². The number of hydrogen-bond acceptors (Lipinski definition) is 4. The van der Waals surface area contributed by atoms with E-state index in [9.17, 15) is 4.79 Å². The zero-order valence-electron chi connectivity index (χ0n) is 18.9. The van der Waals surface area contributed by atoms with Crippen molar-refractivity contribution >= 4 is 23.5 Å². The molecule has 0 radical (unpaired) electrons. The summed E-state index contributed by atoms with van der Waals surface area (Å²) < 4.78 is 11.6. The minimum absolute atomic E-state index is 0.144. The van der Waals surface area contributed by atoms with E-state index in [4.69, 9.17) is 20.9 Å². The van der Waals surface area contributed by atoms with Crippen LogP contribution in [0.15, 0.2) is 53.1 Å². The first-order valence-corrected chi connectivity index (χ1v) is 11.8. The molecule has 2 fully saturated rings. The Bertz CT molecular complexity index is 1150. The minimum atomic E-state index is -0.156. The molecule has 7 heteroatoms. The largest absolute Gasteiger partial charge is 0.374 e. The highest BCUT2D eigenvalue weighted by Crippen LogP contribution is 2.43. The Morgan fingerprint density at radius 1 is 1.12 bits per heavy atom. The van der Waals surface area contributed by atoms with Crippen molar-refractivity contribution in [2.45, 2.75) is 44.6 Å². The Morgan fingerprint density at radius 3 is 2.58 bits per heavy atom. The second-order valence-corrected chi connectivity index (χ2v) is 9.60. The number of aryl methyl sites for hydroxylation is 1. The predicted octanol–water partition coefficient (Wildman–Crippen LogP) is 6.18. The van der Waals surface area contributed by atoms with Crippen LogP contribution < -0.4 is 5.32 Å². The summed E-state index contributed by atoms with van der Waals surface area (Å²) >= 11 is 6.04. The third kappa shape index (κ3) is 4.50. The first-order valence-electron chi connectivity index (χ1n) is 11.4. The molecule has 3 aromatic rings. The zero-order valence-corrected chi connectivity index (χ0v) is 19.7. The number of hydrogen-bond donors (Lipinski definition) is 1. The summed E-state index contributed by atoms with van der Waals surface area (Å²) in [6, 6.07) is 16.5. The molecule has 172 valence electrons. The fraction of sp³-hybridized carbons (Fsp3) is 0.385. The maximum absolute atomic E-state index is 12.7. The van der Waals surface area contributed by atoms with Gasteiger partial charge in [-0.25, -0.2) is 4.79 Å². The summed E-state index contributed by atoms with van der Waals surface area (Å²) in [6.07, 6.45) is 2.65. The molecule has 33 heavy (non-hydrogen) atoms. The van der Waals surface area contributed by atoms with Crippen molar-refractivity contribution in [3.63, 3.8) is 0 Å². The molecule has 0 saturated carbocycles. The van der Waals surface area contributed by atoms with Gasteiger partial charge in [-0.2, -0.15) is 0 Å². The number of carbonyl (C=O) groups is 1. The van der Waals surface area contributed by atoms with E-state index < -0.39 is 0 Å². The second kappa shape index (κ2) is 8.84. The van der Waals surface area contributed by atoms with E-state index in [1.807, 2.05) is 30.9 Å². The van der Waals surface area contributed by atoms with Gasteiger partial charge in [-0.15, -0.1) is 0 Å². The van der Waals surface area contributed by atoms with Crippen LogP contribution in [-0.2, 0) is 4.74 Å². The summed E-state index contributed by atoms with van der Waals surface area (Å²) in [6.45, 7) is 5.79. The van der Waals surface area contributed by atoms with E-state index in [-0.39, 0.29) is 11.6 Å². The molecule has 0 aliphatic carbocycles. The number of benzene rings is 2. The standard InChI is InChI=1S/C26H28ClN3O3/c1-17-18(2)29-33-24(17)28-25(31)30-12-10-26(11-13-30)15-22(16-32-26)21-5-3-4-20(14-21)19-6-8-23(27)9-7-19/h3-9,14,22H,10-13,15-16H2,1-2H3,(H,28,31). The summed E-state index contributed by atoms with van der Waals surface area (Å²) in [5.41, 5.74) is 5.14. The maximum Gasteiger partial charge on any atom is 0.324 e. The highest BCUT2D eigenvalue weighted by molar-refractivity contribution is 6.30. The number of carbonyl (C=O) groups excluding carboxylic acids is 1. The average Bonchev–Trinajstić information content (AvgIpc) is 3.39. The fourth-order valence-electron chi connectivity index (χ4n) is 4.85. The highest BCUT2D eigenvalue weighted by Gasteiger charge is 2.44. The summed E-state index contributed by atoms with van der Waals surface area (Å²) in [4.78, 5) is 14.5. The van der Waals surface area contributed by atoms with E-state index in [0.717, 1.165) is 41.1 Å². The number of aromatic nitrogens is 1. The van der Waals surface area contributed by atoms with Crippen LogP contribution in [0.25, 0.3) is 11.1 Å². The Balaban J connectivity index is 1.21. The number of ether oxygens (including phenoxy) is 1. The molecular formula is C26H28ClN3O3. The number of rotatable bonds is 3. The van der Waals surface area contributed by atoms with Crippen LogP contribution >= 0.6 is 11.6 Å². The number of anilines is 1. The molecule has 6 nitrogen and oxygen atoms in total. The summed E-state index contributed by atoms with van der Waals surface area (Å²) in [7, 11) is 0. The molecule has 1 aromatic heterocycles. The van der Waals surface area contributed by atoms with Gasteiger partial charge in [-0.1, -0.05) is 53.2 Å². The van der Waals surface area contributed by atoms with Crippen molar-refractivity contribution < 1.29 is 14.1 Å². The molecule has 0 bridgehead atoms. The van der Waals surface area contributed by atoms with Gasteiger partial charge in [0.1, 0.15) is 0 Å². The first-order chi connectivity index (χ1) is 15.9. The van der Waals surface area contributed by atoms with E-state index in [1.165, 1.54) is 11.1 Å². The fourth-order valence-corrected chi connectivity index (χ4v) is 4.97. The molecule has 3 heterocycles. The van der Waals surface area contributed by atoms with Gasteiger partial charge >= 0.3 is 6.03 Å². The average molecular weight is 466 g/mol. The zero-order chi connectivity index (χ0) is 23.0. The van der Waals surface area contributed by atoms with Crippen molar-refractivity contribution in [2.75, 3.05) is 25.0 Å². The summed E-state index contributed by atoms with van der Waals surface area (Å²) in [5.74, 6) is 0.785. The molecule has 1 atom stereocenters. The molecule has 2 saturated heterocycles. The molecule has 2 aliphatic rings. The molecule has 1 unspecified atom stereocenters.